The van der Waals surface area contributed by atoms with Crippen LogP contribution in [-0.4, -0.2) is 63.8 Å². The van der Waals surface area contributed by atoms with E-state index in [0.717, 1.165) is 0 Å². The van der Waals surface area contributed by atoms with Gasteiger partial charge in [0.25, 0.3) is 0 Å². The monoisotopic (exact) mass is 276 g/mol. The summed E-state index contributed by atoms with van der Waals surface area (Å²) in [5, 5.41) is 0. The van der Waals surface area contributed by atoms with E-state index < -0.39 is 30.3 Å². The second-order valence-corrected chi connectivity index (χ2v) is 4.25. The first kappa shape index (κ1) is 15.9. The number of rotatable bonds is 5. The summed E-state index contributed by atoms with van der Waals surface area (Å²) >= 11 is 0. The van der Waals surface area contributed by atoms with Crippen LogP contribution in [0, 0.1) is 0 Å². The zero-order chi connectivity index (χ0) is 14.4. The van der Waals surface area contributed by atoms with Gasteiger partial charge in [-0.15, -0.1) is 0 Å². The largest absolute Gasteiger partial charge is 0.456 e. The number of hydrogen-bond donors (Lipinski definition) is 0. The Balaban J connectivity index is 2.84. The first-order chi connectivity index (χ1) is 8.99. The van der Waals surface area contributed by atoms with E-state index in [1.165, 1.54) is 28.1 Å². The Kier molecular flexibility index (Phi) is 6.20. The van der Waals surface area contributed by atoms with Crippen LogP contribution in [-0.2, 0) is 33.3 Å². The zero-order valence-electron chi connectivity index (χ0n) is 11.6. The fourth-order valence-corrected chi connectivity index (χ4v) is 2.07. The summed E-state index contributed by atoms with van der Waals surface area (Å²) in [5.74, 6) is -0.937. The van der Waals surface area contributed by atoms with Gasteiger partial charge in [-0.1, -0.05) is 0 Å². The van der Waals surface area contributed by atoms with Crippen LogP contribution < -0.4 is 0 Å². The molecule has 0 radical (unpaired) electrons. The average Bonchev–Trinajstić information content (AvgIpc) is 2.32. The average molecular weight is 276 g/mol. The molecule has 110 valence electrons. The number of esters is 2. The molecule has 1 heterocycles. The molecule has 7 nitrogen and oxygen atoms in total. The molecule has 0 aromatic heterocycles. The number of hydrogen-bond acceptors (Lipinski definition) is 7. The fraction of sp³-hybridized carbons (Fsp3) is 0.833. The second kappa shape index (κ2) is 7.42. The molecule has 0 unspecified atom stereocenters. The van der Waals surface area contributed by atoms with Gasteiger partial charge in [0.1, 0.15) is 12.2 Å². The highest BCUT2D eigenvalue weighted by Crippen LogP contribution is 2.23. The van der Waals surface area contributed by atoms with E-state index in [0.29, 0.717) is 6.61 Å². The molecule has 0 aliphatic carbocycles. The van der Waals surface area contributed by atoms with Gasteiger partial charge in [-0.3, -0.25) is 9.59 Å². The molecule has 1 rings (SSSR count). The minimum atomic E-state index is -0.708. The molecule has 0 aromatic rings. The van der Waals surface area contributed by atoms with Gasteiger partial charge in [-0.05, 0) is 0 Å². The molecule has 4 atom stereocenters. The molecule has 0 saturated carbocycles. The molecule has 7 heteroatoms. The lowest BCUT2D eigenvalue weighted by molar-refractivity contribution is -0.227. The molecule has 0 amide bonds. The van der Waals surface area contributed by atoms with Gasteiger partial charge in [0.05, 0.1) is 13.2 Å². The molecule has 1 aliphatic rings. The predicted octanol–water partition coefficient (Wildman–Crippen LogP) is -0.0900. The molecule has 0 N–H and O–H groups in total. The van der Waals surface area contributed by atoms with Gasteiger partial charge in [0.2, 0.25) is 0 Å². The highest BCUT2D eigenvalue weighted by atomic mass is 16.6. The van der Waals surface area contributed by atoms with E-state index >= 15 is 0 Å². The molecular formula is C12H20O7. The molecule has 0 aromatic carbocycles. The standard InChI is InChI=1S/C12H20O7/c1-7(13)18-10-6-17-9(5-15-3)11(16-4)12(10)19-8(2)14/h9-12H,5-6H2,1-4H3/t9-,10+,11+,12+/m1/s1. The van der Waals surface area contributed by atoms with Crippen LogP contribution in [0.1, 0.15) is 13.8 Å². The lowest BCUT2D eigenvalue weighted by atomic mass is 9.99. The Morgan fingerprint density at radius 1 is 1.11 bits per heavy atom. The summed E-state index contributed by atoms with van der Waals surface area (Å²) < 4.78 is 26.2. The van der Waals surface area contributed by atoms with Crippen molar-refractivity contribution in [1.29, 1.82) is 0 Å². The Hall–Kier alpha value is -1.18. The maximum absolute atomic E-state index is 11.2. The maximum atomic E-state index is 11.2. The third kappa shape index (κ3) is 4.45. The van der Waals surface area contributed by atoms with Gasteiger partial charge < -0.3 is 23.7 Å². The van der Waals surface area contributed by atoms with E-state index in [9.17, 15) is 9.59 Å². The number of carbonyl (C=O) groups excluding carboxylic acids is 2. The summed E-state index contributed by atoms with van der Waals surface area (Å²) in [6.07, 6.45) is -2.33. The Labute approximate surface area is 112 Å². The van der Waals surface area contributed by atoms with Gasteiger partial charge in [-0.2, -0.15) is 0 Å². The molecule has 0 spiro atoms. The smallest absolute Gasteiger partial charge is 0.303 e. The third-order valence-corrected chi connectivity index (χ3v) is 2.75. The Morgan fingerprint density at radius 3 is 2.21 bits per heavy atom. The molecule has 0 bridgehead atoms. The first-order valence-corrected chi connectivity index (χ1v) is 5.97. The van der Waals surface area contributed by atoms with Crippen molar-refractivity contribution in [1.82, 2.24) is 0 Å². The van der Waals surface area contributed by atoms with E-state index in [2.05, 4.69) is 0 Å². The van der Waals surface area contributed by atoms with Crippen molar-refractivity contribution in [3.8, 4) is 0 Å². The van der Waals surface area contributed by atoms with Crippen LogP contribution in [0.15, 0.2) is 0 Å². The van der Waals surface area contributed by atoms with Crippen LogP contribution in [0.25, 0.3) is 0 Å². The second-order valence-electron chi connectivity index (χ2n) is 4.25. The Bertz CT molecular complexity index is 317. The topological polar surface area (TPSA) is 80.3 Å². The summed E-state index contributed by atoms with van der Waals surface area (Å²) in [7, 11) is 3.01. The van der Waals surface area contributed by atoms with Crippen LogP contribution in [0.2, 0.25) is 0 Å². The summed E-state index contributed by atoms with van der Waals surface area (Å²) in [6.45, 7) is 3.00. The lowest BCUT2D eigenvalue weighted by Crippen LogP contribution is -2.57. The molecular weight excluding hydrogens is 256 g/mol. The van der Waals surface area contributed by atoms with E-state index in [1.807, 2.05) is 0 Å². The highest BCUT2D eigenvalue weighted by Gasteiger charge is 2.44. The van der Waals surface area contributed by atoms with Crippen LogP contribution in [0.5, 0.6) is 0 Å². The lowest BCUT2D eigenvalue weighted by Gasteiger charge is -2.40. The van der Waals surface area contributed by atoms with Crippen molar-refractivity contribution in [2.24, 2.45) is 0 Å². The first-order valence-electron chi connectivity index (χ1n) is 5.97. The van der Waals surface area contributed by atoms with E-state index in [4.69, 9.17) is 23.7 Å². The Morgan fingerprint density at radius 2 is 1.74 bits per heavy atom. The zero-order valence-corrected chi connectivity index (χ0v) is 11.6. The number of methoxy groups -OCH3 is 2. The predicted molar refractivity (Wildman–Crippen MR) is 63.5 cm³/mol. The maximum Gasteiger partial charge on any atom is 0.303 e. The number of ether oxygens (including phenoxy) is 5. The van der Waals surface area contributed by atoms with Gasteiger partial charge >= 0.3 is 11.9 Å². The van der Waals surface area contributed by atoms with Crippen molar-refractivity contribution in [2.45, 2.75) is 38.3 Å². The molecule has 1 aliphatic heterocycles. The molecule has 1 saturated heterocycles. The molecule has 1 fully saturated rings. The SMILES string of the molecule is COC[C@H]1OC[C@H](OC(C)=O)[C@H](OC(C)=O)[C@H]1OC. The van der Waals surface area contributed by atoms with E-state index in [1.54, 1.807) is 0 Å². The van der Waals surface area contributed by atoms with Crippen LogP contribution >= 0.6 is 0 Å². The quantitative estimate of drug-likeness (QED) is 0.649. The minimum Gasteiger partial charge on any atom is -0.456 e. The summed E-state index contributed by atoms with van der Waals surface area (Å²) in [5.41, 5.74) is 0. The van der Waals surface area contributed by atoms with Gasteiger partial charge in [-0.25, -0.2) is 0 Å². The normalized spacial score (nSPS) is 30.7. The van der Waals surface area contributed by atoms with Crippen molar-refractivity contribution in [2.75, 3.05) is 27.4 Å². The van der Waals surface area contributed by atoms with Crippen molar-refractivity contribution in [3.05, 3.63) is 0 Å². The molecule has 19 heavy (non-hydrogen) atoms. The number of carbonyl (C=O) groups is 2. The van der Waals surface area contributed by atoms with Gasteiger partial charge in [0.15, 0.2) is 12.2 Å². The summed E-state index contributed by atoms with van der Waals surface area (Å²) in [4.78, 5) is 22.2. The fourth-order valence-electron chi connectivity index (χ4n) is 2.07. The van der Waals surface area contributed by atoms with Crippen molar-refractivity contribution < 1.29 is 33.3 Å². The van der Waals surface area contributed by atoms with Crippen LogP contribution in [0.3, 0.4) is 0 Å². The summed E-state index contributed by atoms with van der Waals surface area (Å²) in [6, 6.07) is 0. The van der Waals surface area contributed by atoms with E-state index in [-0.39, 0.29) is 12.7 Å². The van der Waals surface area contributed by atoms with Crippen LogP contribution in [0.4, 0.5) is 0 Å². The minimum absolute atomic E-state index is 0.130. The highest BCUT2D eigenvalue weighted by molar-refractivity contribution is 5.67. The third-order valence-electron chi connectivity index (χ3n) is 2.75. The van der Waals surface area contributed by atoms with Crippen molar-refractivity contribution >= 4 is 11.9 Å². The van der Waals surface area contributed by atoms with Crippen molar-refractivity contribution in [3.63, 3.8) is 0 Å². The van der Waals surface area contributed by atoms with Gasteiger partial charge in [0, 0.05) is 28.1 Å².